The van der Waals surface area contributed by atoms with Crippen molar-refractivity contribution >= 4 is 26.9 Å². The molecule has 1 heterocycles. The SMILES string of the molecule is COc1ccc(Br)cc1CN(C)Cc1cc(=O)oc2c(C)c(C)ccc12. The third-order valence-corrected chi connectivity index (χ3v) is 5.13. The van der Waals surface area contributed by atoms with Gasteiger partial charge in [-0.15, -0.1) is 0 Å². The number of benzene rings is 2. The van der Waals surface area contributed by atoms with Crippen molar-refractivity contribution < 1.29 is 9.15 Å². The van der Waals surface area contributed by atoms with E-state index in [-0.39, 0.29) is 5.63 Å². The van der Waals surface area contributed by atoms with Crippen molar-refractivity contribution in [2.75, 3.05) is 14.2 Å². The van der Waals surface area contributed by atoms with E-state index < -0.39 is 0 Å². The Labute approximate surface area is 161 Å². The van der Waals surface area contributed by atoms with Gasteiger partial charge in [0.2, 0.25) is 0 Å². The summed E-state index contributed by atoms with van der Waals surface area (Å²) in [6.07, 6.45) is 0. The Bertz CT molecular complexity index is 1010. The summed E-state index contributed by atoms with van der Waals surface area (Å²) < 4.78 is 11.9. The van der Waals surface area contributed by atoms with Crippen LogP contribution in [0.15, 0.2) is 50.1 Å². The molecule has 3 rings (SSSR count). The Balaban J connectivity index is 1.93. The summed E-state index contributed by atoms with van der Waals surface area (Å²) in [7, 11) is 3.70. The predicted molar refractivity (Wildman–Crippen MR) is 108 cm³/mol. The number of fused-ring (bicyclic) bond motifs is 1. The summed E-state index contributed by atoms with van der Waals surface area (Å²) in [4.78, 5) is 14.2. The number of rotatable bonds is 5. The van der Waals surface area contributed by atoms with Crippen LogP contribution < -0.4 is 10.4 Å². The Morgan fingerprint density at radius 3 is 2.54 bits per heavy atom. The van der Waals surface area contributed by atoms with Crippen LogP contribution in [0.25, 0.3) is 11.0 Å². The normalized spacial score (nSPS) is 11.3. The molecule has 0 saturated carbocycles. The van der Waals surface area contributed by atoms with Gasteiger partial charge < -0.3 is 9.15 Å². The lowest BCUT2D eigenvalue weighted by Gasteiger charge is -2.19. The minimum atomic E-state index is -0.311. The van der Waals surface area contributed by atoms with Crippen LogP contribution >= 0.6 is 15.9 Å². The Hall–Kier alpha value is -2.11. The van der Waals surface area contributed by atoms with Gasteiger partial charge in [-0.2, -0.15) is 0 Å². The van der Waals surface area contributed by atoms with E-state index in [0.29, 0.717) is 18.7 Å². The Morgan fingerprint density at radius 1 is 1.08 bits per heavy atom. The van der Waals surface area contributed by atoms with Crippen LogP contribution in [0.3, 0.4) is 0 Å². The van der Waals surface area contributed by atoms with Crippen molar-refractivity contribution in [3.8, 4) is 5.75 Å². The lowest BCUT2D eigenvalue weighted by atomic mass is 10.0. The van der Waals surface area contributed by atoms with Crippen LogP contribution in [0, 0.1) is 13.8 Å². The van der Waals surface area contributed by atoms with Gasteiger partial charge >= 0.3 is 5.63 Å². The van der Waals surface area contributed by atoms with Crippen LogP contribution in [0.2, 0.25) is 0 Å². The third kappa shape index (κ3) is 3.84. The molecule has 1 aromatic heterocycles. The van der Waals surface area contributed by atoms with Gasteiger partial charge in [0.05, 0.1) is 7.11 Å². The van der Waals surface area contributed by atoms with E-state index in [9.17, 15) is 4.79 Å². The molecule has 0 amide bonds. The molecule has 0 fully saturated rings. The van der Waals surface area contributed by atoms with Gasteiger partial charge in [-0.05, 0) is 55.8 Å². The summed E-state index contributed by atoms with van der Waals surface area (Å²) in [5, 5.41) is 0.987. The van der Waals surface area contributed by atoms with E-state index >= 15 is 0 Å². The summed E-state index contributed by atoms with van der Waals surface area (Å²) in [5.74, 6) is 0.851. The molecule has 3 aromatic rings. The van der Waals surface area contributed by atoms with Gasteiger partial charge in [0, 0.05) is 34.6 Å². The minimum absolute atomic E-state index is 0.311. The highest BCUT2D eigenvalue weighted by Gasteiger charge is 2.13. The van der Waals surface area contributed by atoms with Gasteiger partial charge in [-0.25, -0.2) is 4.79 Å². The summed E-state index contributed by atoms with van der Waals surface area (Å²) in [6.45, 7) is 5.35. The topological polar surface area (TPSA) is 42.7 Å². The van der Waals surface area contributed by atoms with Gasteiger partial charge in [-0.1, -0.05) is 28.1 Å². The highest BCUT2D eigenvalue weighted by molar-refractivity contribution is 9.10. The zero-order valence-corrected chi connectivity index (χ0v) is 17.0. The Kier molecular flexibility index (Phi) is 5.49. The van der Waals surface area contributed by atoms with Gasteiger partial charge in [-0.3, -0.25) is 4.90 Å². The lowest BCUT2D eigenvalue weighted by molar-refractivity contribution is 0.310. The first kappa shape index (κ1) is 18.7. The molecule has 4 nitrogen and oxygen atoms in total. The smallest absolute Gasteiger partial charge is 0.336 e. The predicted octanol–water partition coefficient (Wildman–Crippen LogP) is 4.81. The molecule has 0 N–H and O–H groups in total. The molecule has 0 aliphatic rings. The quantitative estimate of drug-likeness (QED) is 0.560. The second-order valence-electron chi connectivity index (χ2n) is 6.60. The zero-order valence-electron chi connectivity index (χ0n) is 15.4. The molecule has 0 bridgehead atoms. The second-order valence-corrected chi connectivity index (χ2v) is 7.52. The van der Waals surface area contributed by atoms with Crippen molar-refractivity contribution in [2.45, 2.75) is 26.9 Å². The highest BCUT2D eigenvalue weighted by Crippen LogP contribution is 2.26. The molecule has 0 saturated heterocycles. The number of hydrogen-bond acceptors (Lipinski definition) is 4. The van der Waals surface area contributed by atoms with Crippen LogP contribution in [0.1, 0.15) is 22.3 Å². The van der Waals surface area contributed by atoms with Crippen molar-refractivity contribution in [3.63, 3.8) is 0 Å². The molecule has 0 aliphatic heterocycles. The molecular formula is C21H22BrNO3. The van der Waals surface area contributed by atoms with E-state index in [2.05, 4.69) is 33.0 Å². The van der Waals surface area contributed by atoms with Crippen LogP contribution in [0.4, 0.5) is 0 Å². The fourth-order valence-corrected chi connectivity index (χ4v) is 3.57. The van der Waals surface area contributed by atoms with Crippen molar-refractivity contribution in [3.05, 3.63) is 73.5 Å². The van der Waals surface area contributed by atoms with Gasteiger partial charge in [0.15, 0.2) is 0 Å². The average Bonchev–Trinajstić information content (AvgIpc) is 2.58. The van der Waals surface area contributed by atoms with Crippen molar-refractivity contribution in [2.24, 2.45) is 0 Å². The van der Waals surface area contributed by atoms with Crippen molar-refractivity contribution in [1.29, 1.82) is 0 Å². The number of methoxy groups -OCH3 is 1. The maximum absolute atomic E-state index is 12.0. The van der Waals surface area contributed by atoms with Crippen molar-refractivity contribution in [1.82, 2.24) is 4.90 Å². The van der Waals surface area contributed by atoms with E-state index in [1.54, 1.807) is 13.2 Å². The molecule has 0 radical (unpaired) electrons. The lowest BCUT2D eigenvalue weighted by Crippen LogP contribution is -2.19. The molecule has 0 unspecified atom stereocenters. The Morgan fingerprint density at radius 2 is 1.81 bits per heavy atom. The van der Waals surface area contributed by atoms with E-state index in [1.807, 2.05) is 39.1 Å². The molecule has 136 valence electrons. The van der Waals surface area contributed by atoms with E-state index in [0.717, 1.165) is 37.9 Å². The molecule has 0 atom stereocenters. The number of nitrogens with zero attached hydrogens (tertiary/aromatic N) is 1. The van der Waals surface area contributed by atoms with E-state index in [1.165, 1.54) is 0 Å². The maximum atomic E-state index is 12.0. The molecule has 0 spiro atoms. The first-order valence-electron chi connectivity index (χ1n) is 8.43. The molecule has 26 heavy (non-hydrogen) atoms. The maximum Gasteiger partial charge on any atom is 0.336 e. The van der Waals surface area contributed by atoms with Crippen LogP contribution in [-0.4, -0.2) is 19.1 Å². The zero-order chi connectivity index (χ0) is 18.8. The number of ether oxygens (including phenoxy) is 1. The van der Waals surface area contributed by atoms with Crippen LogP contribution in [0.5, 0.6) is 5.75 Å². The summed E-state index contributed by atoms with van der Waals surface area (Å²) >= 11 is 3.51. The van der Waals surface area contributed by atoms with Crippen LogP contribution in [-0.2, 0) is 13.1 Å². The summed E-state index contributed by atoms with van der Waals surface area (Å²) in [6, 6.07) is 11.7. The average molecular weight is 416 g/mol. The fourth-order valence-electron chi connectivity index (χ4n) is 3.16. The molecular weight excluding hydrogens is 394 g/mol. The largest absolute Gasteiger partial charge is 0.496 e. The molecule has 0 aliphatic carbocycles. The first-order chi connectivity index (χ1) is 12.4. The fraction of sp³-hybridized carbons (Fsp3) is 0.286. The molecule has 5 heteroatoms. The summed E-state index contributed by atoms with van der Waals surface area (Å²) in [5.41, 5.74) is 4.55. The van der Waals surface area contributed by atoms with Gasteiger partial charge in [0.25, 0.3) is 0 Å². The van der Waals surface area contributed by atoms with Gasteiger partial charge in [0.1, 0.15) is 11.3 Å². The van der Waals surface area contributed by atoms with E-state index in [4.69, 9.17) is 9.15 Å². The number of aryl methyl sites for hydroxylation is 2. The minimum Gasteiger partial charge on any atom is -0.496 e. The highest BCUT2D eigenvalue weighted by atomic mass is 79.9. The first-order valence-corrected chi connectivity index (χ1v) is 9.22. The second kappa shape index (κ2) is 7.64. The molecule has 2 aromatic carbocycles. The number of hydrogen-bond donors (Lipinski definition) is 0. The monoisotopic (exact) mass is 415 g/mol. The standard InChI is InChI=1S/C21H22BrNO3/c1-13-5-7-18-15(10-20(24)26-21(18)14(13)2)11-23(3)12-16-9-17(22)6-8-19(16)25-4/h5-10H,11-12H2,1-4H3. The third-order valence-electron chi connectivity index (χ3n) is 4.64. The number of halogens is 1.